The van der Waals surface area contributed by atoms with Crippen molar-refractivity contribution in [1.82, 2.24) is 0 Å². The molecule has 4 N–H and O–H groups in total. The Hall–Kier alpha value is -0.400. The number of carboxylic acid groups (broad SMARTS) is 2. The van der Waals surface area contributed by atoms with Gasteiger partial charge in [0, 0.05) is 17.5 Å². The van der Waals surface area contributed by atoms with Gasteiger partial charge in [-0.05, 0) is 0 Å². The lowest BCUT2D eigenvalue weighted by Gasteiger charge is -1.90. The molecule has 1 rings (SSSR count). The number of rotatable bonds is 0. The van der Waals surface area contributed by atoms with E-state index in [1.165, 1.54) is 0 Å². The maximum Gasteiger partial charge on any atom is 0.414 e. The third-order valence-corrected chi connectivity index (χ3v) is 3.44. The van der Waals surface area contributed by atoms with Crippen LogP contribution in [0.5, 0.6) is 0 Å². The molecule has 70 valence electrons. The molecule has 1 fully saturated rings. The summed E-state index contributed by atoms with van der Waals surface area (Å²) in [4.78, 5) is 18.2. The van der Waals surface area contributed by atoms with Crippen molar-refractivity contribution in [1.29, 1.82) is 0 Å². The van der Waals surface area contributed by atoms with Gasteiger partial charge in [0.1, 0.15) is 0 Å². The molecule has 1 heterocycles. The molecule has 1 aliphatic heterocycles. The van der Waals surface area contributed by atoms with Crippen LogP contribution in [0.4, 0.5) is 0 Å². The zero-order valence-electron chi connectivity index (χ0n) is 6.10. The van der Waals surface area contributed by atoms with E-state index in [0.717, 1.165) is 11.5 Å². The minimum Gasteiger partial charge on any atom is -0.473 e. The lowest BCUT2D eigenvalue weighted by atomic mass is 10.4. The van der Waals surface area contributed by atoms with Crippen molar-refractivity contribution in [2.45, 2.75) is 6.04 Å². The summed E-state index contributed by atoms with van der Waals surface area (Å²) in [5.74, 6) is -1.36. The van der Waals surface area contributed by atoms with Gasteiger partial charge in [0.15, 0.2) is 0 Å². The molecule has 0 amide bonds. The van der Waals surface area contributed by atoms with Crippen molar-refractivity contribution >= 4 is 33.5 Å². The average molecular weight is 211 g/mol. The average Bonchev–Trinajstić information content (AvgIpc) is 2.40. The normalized spacial score (nSPS) is 16.4. The third-order valence-electron chi connectivity index (χ3n) is 0.831. The molecule has 7 heteroatoms. The summed E-state index contributed by atoms with van der Waals surface area (Å²) in [6.45, 7) is 0. The first-order chi connectivity index (χ1) is 5.54. The van der Waals surface area contributed by atoms with E-state index in [4.69, 9.17) is 25.5 Å². The number of hydrogen-bond acceptors (Lipinski definition) is 5. The number of aliphatic carboxylic acids is 2. The highest BCUT2D eigenvalue weighted by atomic mass is 33.1. The molecular weight excluding hydrogens is 202 g/mol. The molecule has 0 unspecified atom stereocenters. The first-order valence-corrected chi connectivity index (χ1v) is 5.49. The fourth-order valence-electron chi connectivity index (χ4n) is 0.319. The summed E-state index contributed by atoms with van der Waals surface area (Å²) >= 11 is 0. The van der Waals surface area contributed by atoms with Gasteiger partial charge >= 0.3 is 11.9 Å². The minimum atomic E-state index is -1.82. The Kier molecular flexibility index (Phi) is 5.95. The van der Waals surface area contributed by atoms with E-state index in [1.54, 1.807) is 0 Å². The fourth-order valence-corrected chi connectivity index (χ4v) is 2.87. The van der Waals surface area contributed by atoms with Gasteiger partial charge < -0.3 is 15.9 Å². The van der Waals surface area contributed by atoms with Crippen molar-refractivity contribution in [2.75, 3.05) is 11.5 Å². The van der Waals surface area contributed by atoms with Gasteiger partial charge in [0.05, 0.1) is 0 Å². The van der Waals surface area contributed by atoms with Crippen LogP contribution < -0.4 is 5.73 Å². The predicted octanol–water partition coefficient (Wildman–Crippen LogP) is -0.136. The molecule has 5 nitrogen and oxygen atoms in total. The second kappa shape index (κ2) is 6.15. The van der Waals surface area contributed by atoms with Crippen molar-refractivity contribution < 1.29 is 19.8 Å². The third kappa shape index (κ3) is 6.32. The van der Waals surface area contributed by atoms with E-state index in [2.05, 4.69) is 0 Å². The molecule has 0 saturated carbocycles. The number of nitrogens with two attached hydrogens (primary N) is 1. The van der Waals surface area contributed by atoms with Gasteiger partial charge in [-0.1, -0.05) is 21.6 Å². The highest BCUT2D eigenvalue weighted by Crippen LogP contribution is 2.29. The molecule has 0 radical (unpaired) electrons. The number of carbonyl (C=O) groups is 2. The van der Waals surface area contributed by atoms with Crippen molar-refractivity contribution in [2.24, 2.45) is 5.73 Å². The van der Waals surface area contributed by atoms with Crippen LogP contribution in [-0.4, -0.2) is 39.7 Å². The Morgan fingerprint density at radius 1 is 1.17 bits per heavy atom. The van der Waals surface area contributed by atoms with E-state index in [1.807, 2.05) is 21.6 Å². The maximum absolute atomic E-state index is 9.10. The summed E-state index contributed by atoms with van der Waals surface area (Å²) in [6.07, 6.45) is 0. The molecule has 1 saturated heterocycles. The van der Waals surface area contributed by atoms with Crippen LogP contribution in [0.2, 0.25) is 0 Å². The maximum atomic E-state index is 9.10. The van der Waals surface area contributed by atoms with E-state index < -0.39 is 11.9 Å². The van der Waals surface area contributed by atoms with Crippen LogP contribution in [0.25, 0.3) is 0 Å². The highest BCUT2D eigenvalue weighted by Gasteiger charge is 2.09. The quantitative estimate of drug-likeness (QED) is 0.379. The van der Waals surface area contributed by atoms with E-state index >= 15 is 0 Å². The first-order valence-electron chi connectivity index (χ1n) is 3.00. The summed E-state index contributed by atoms with van der Waals surface area (Å²) < 4.78 is 0. The van der Waals surface area contributed by atoms with Crippen LogP contribution in [0.1, 0.15) is 0 Å². The molecule has 0 aliphatic carbocycles. The largest absolute Gasteiger partial charge is 0.473 e. The molecule has 1 aliphatic rings. The lowest BCUT2D eigenvalue weighted by Crippen LogP contribution is -2.20. The van der Waals surface area contributed by atoms with Gasteiger partial charge in [-0.3, -0.25) is 0 Å². The van der Waals surface area contributed by atoms with Crippen molar-refractivity contribution in [3.05, 3.63) is 0 Å². The molecule has 0 aromatic rings. The summed E-state index contributed by atoms with van der Waals surface area (Å²) in [5.41, 5.74) is 5.49. The predicted molar refractivity (Wildman–Crippen MR) is 48.2 cm³/mol. The Bertz CT molecular complexity index is 157. The second-order valence-corrected chi connectivity index (χ2v) is 4.49. The number of carboxylic acids is 2. The fraction of sp³-hybridized carbons (Fsp3) is 0.600. The molecular formula is C5H9NO4S2. The Morgan fingerprint density at radius 2 is 1.50 bits per heavy atom. The first kappa shape index (κ1) is 11.6. The smallest absolute Gasteiger partial charge is 0.414 e. The van der Waals surface area contributed by atoms with Crippen LogP contribution in [0, 0.1) is 0 Å². The highest BCUT2D eigenvalue weighted by molar-refractivity contribution is 8.77. The zero-order chi connectivity index (χ0) is 9.56. The van der Waals surface area contributed by atoms with Gasteiger partial charge in [0.2, 0.25) is 0 Å². The number of hydrogen-bond donors (Lipinski definition) is 3. The van der Waals surface area contributed by atoms with Gasteiger partial charge in [-0.2, -0.15) is 0 Å². The monoisotopic (exact) mass is 211 g/mol. The SMILES string of the molecule is NC1CSSC1.O=C(O)C(=O)O. The lowest BCUT2D eigenvalue weighted by molar-refractivity contribution is -0.159. The Morgan fingerprint density at radius 3 is 1.58 bits per heavy atom. The molecule has 0 spiro atoms. The van der Waals surface area contributed by atoms with E-state index in [9.17, 15) is 0 Å². The Balaban J connectivity index is 0.000000202. The van der Waals surface area contributed by atoms with Crippen LogP contribution in [0.15, 0.2) is 0 Å². The van der Waals surface area contributed by atoms with E-state index in [0.29, 0.717) is 6.04 Å². The van der Waals surface area contributed by atoms with Gasteiger partial charge in [0.25, 0.3) is 0 Å². The zero-order valence-corrected chi connectivity index (χ0v) is 7.73. The second-order valence-electron chi connectivity index (χ2n) is 1.94. The van der Waals surface area contributed by atoms with Crippen LogP contribution >= 0.6 is 21.6 Å². The molecule has 0 bridgehead atoms. The van der Waals surface area contributed by atoms with Crippen molar-refractivity contribution in [3.63, 3.8) is 0 Å². The Labute approximate surface area is 77.1 Å². The topological polar surface area (TPSA) is 101 Å². The summed E-state index contributed by atoms with van der Waals surface area (Å²) in [6, 6.07) is 0.472. The summed E-state index contributed by atoms with van der Waals surface area (Å²) in [7, 11) is 3.75. The molecule has 0 aromatic carbocycles. The molecule has 0 aromatic heterocycles. The molecule has 12 heavy (non-hydrogen) atoms. The van der Waals surface area contributed by atoms with Crippen molar-refractivity contribution in [3.8, 4) is 0 Å². The van der Waals surface area contributed by atoms with Crippen LogP contribution in [-0.2, 0) is 9.59 Å². The standard InChI is InChI=1S/C3H7NS2.C2H2O4/c4-3-1-5-6-2-3;3-1(4)2(5)6/h3H,1-2,4H2;(H,3,4)(H,5,6). The van der Waals surface area contributed by atoms with E-state index in [-0.39, 0.29) is 0 Å². The van der Waals surface area contributed by atoms with Gasteiger partial charge in [-0.15, -0.1) is 0 Å². The van der Waals surface area contributed by atoms with Crippen LogP contribution in [0.3, 0.4) is 0 Å². The minimum absolute atomic E-state index is 0.472. The van der Waals surface area contributed by atoms with Gasteiger partial charge in [-0.25, -0.2) is 9.59 Å². The summed E-state index contributed by atoms with van der Waals surface area (Å²) in [5, 5.41) is 14.8. The molecule has 0 atom stereocenters.